The molecule has 0 amide bonds. The molecule has 0 aliphatic rings. The van der Waals surface area contributed by atoms with Crippen LogP contribution in [0.15, 0.2) is 29.0 Å². The number of nitrogens with zero attached hydrogens (tertiary/aromatic N) is 4. The number of hydrogen-bond donors (Lipinski definition) is 0. The summed E-state index contributed by atoms with van der Waals surface area (Å²) in [6, 6.07) is 3.42. The molecule has 0 saturated heterocycles. The maximum atomic E-state index is 11.0. The van der Waals surface area contributed by atoms with Gasteiger partial charge < -0.3 is 0 Å². The number of aryl methyl sites for hydroxylation is 1. The molecule has 2 aromatic rings. The molecule has 0 fully saturated rings. The Morgan fingerprint density at radius 2 is 1.95 bits per heavy atom. The van der Waals surface area contributed by atoms with Crippen LogP contribution in [-0.4, -0.2) is 19.6 Å². The molecule has 9 heteroatoms. The number of rotatable bonds is 3. The van der Waals surface area contributed by atoms with Crippen LogP contribution < -0.4 is 0 Å². The lowest BCUT2D eigenvalue weighted by Crippen LogP contribution is -2.01. The third-order valence-corrected chi connectivity index (χ3v) is 3.23. The van der Waals surface area contributed by atoms with Gasteiger partial charge in [-0.05, 0) is 28.9 Å². The molecule has 0 atom stereocenters. The number of nitro groups is 2. The molecule has 0 spiro atoms. The van der Waals surface area contributed by atoms with E-state index in [0.717, 1.165) is 11.6 Å². The summed E-state index contributed by atoms with van der Waals surface area (Å²) >= 11 is 3.20. The standard InChI is InChI=1S/C10H7BrN4O4/c1-6-5-13(12-10(6)11)8-3-2-7(14(16)17)4-9(8)15(18)19/h2-5H,1H3. The smallest absolute Gasteiger partial charge is 0.258 e. The van der Waals surface area contributed by atoms with E-state index in [2.05, 4.69) is 21.0 Å². The van der Waals surface area contributed by atoms with Gasteiger partial charge in [0.25, 0.3) is 5.69 Å². The highest BCUT2D eigenvalue weighted by molar-refractivity contribution is 9.10. The first kappa shape index (κ1) is 13.1. The lowest BCUT2D eigenvalue weighted by Gasteiger charge is -2.02. The third kappa shape index (κ3) is 2.45. The highest BCUT2D eigenvalue weighted by atomic mass is 79.9. The molecule has 1 heterocycles. The molecule has 0 unspecified atom stereocenters. The van der Waals surface area contributed by atoms with Gasteiger partial charge in [-0.25, -0.2) is 4.68 Å². The van der Waals surface area contributed by atoms with Gasteiger partial charge in [0, 0.05) is 17.8 Å². The van der Waals surface area contributed by atoms with Gasteiger partial charge in [0.15, 0.2) is 0 Å². The predicted octanol–water partition coefficient (Wildman–Crippen LogP) is 2.76. The van der Waals surface area contributed by atoms with Gasteiger partial charge in [0.05, 0.1) is 15.9 Å². The Morgan fingerprint density at radius 1 is 1.26 bits per heavy atom. The molecule has 0 saturated carbocycles. The molecule has 0 aliphatic heterocycles. The molecular weight excluding hydrogens is 320 g/mol. The molecule has 98 valence electrons. The van der Waals surface area contributed by atoms with Crippen LogP contribution in [0.4, 0.5) is 11.4 Å². The topological polar surface area (TPSA) is 104 Å². The minimum absolute atomic E-state index is 0.171. The quantitative estimate of drug-likeness (QED) is 0.637. The van der Waals surface area contributed by atoms with Crippen molar-refractivity contribution in [1.29, 1.82) is 0 Å². The Labute approximate surface area is 115 Å². The molecule has 0 bridgehead atoms. The molecule has 0 aliphatic carbocycles. The summed E-state index contributed by atoms with van der Waals surface area (Å²) in [7, 11) is 0. The van der Waals surface area contributed by atoms with Gasteiger partial charge in [0.2, 0.25) is 0 Å². The van der Waals surface area contributed by atoms with E-state index < -0.39 is 9.85 Å². The van der Waals surface area contributed by atoms with Gasteiger partial charge in [-0.1, -0.05) is 0 Å². The van der Waals surface area contributed by atoms with E-state index in [1.165, 1.54) is 16.8 Å². The second-order valence-corrected chi connectivity index (χ2v) is 4.49. The highest BCUT2D eigenvalue weighted by Gasteiger charge is 2.21. The lowest BCUT2D eigenvalue weighted by atomic mass is 10.2. The molecule has 0 radical (unpaired) electrons. The Morgan fingerprint density at radius 3 is 2.42 bits per heavy atom. The summed E-state index contributed by atoms with van der Waals surface area (Å²) in [5, 5.41) is 25.7. The van der Waals surface area contributed by atoms with E-state index in [9.17, 15) is 20.2 Å². The normalized spacial score (nSPS) is 10.4. The second kappa shape index (κ2) is 4.76. The van der Waals surface area contributed by atoms with Crippen LogP contribution in [0, 0.1) is 27.2 Å². The zero-order valence-corrected chi connectivity index (χ0v) is 11.2. The SMILES string of the molecule is Cc1cn(-c2ccc([N+](=O)[O-])cc2[N+](=O)[O-])nc1Br. The molecule has 1 aromatic heterocycles. The molecular formula is C10H7BrN4O4. The Kier molecular flexibility index (Phi) is 3.30. The molecule has 1 aromatic carbocycles. The van der Waals surface area contributed by atoms with Crippen molar-refractivity contribution in [3.8, 4) is 5.69 Å². The Bertz CT molecular complexity index is 663. The molecule has 8 nitrogen and oxygen atoms in total. The second-order valence-electron chi connectivity index (χ2n) is 3.73. The van der Waals surface area contributed by atoms with Crippen molar-refractivity contribution in [1.82, 2.24) is 9.78 Å². The van der Waals surface area contributed by atoms with Gasteiger partial charge >= 0.3 is 5.69 Å². The number of non-ortho nitro benzene ring substituents is 1. The van der Waals surface area contributed by atoms with Crippen LogP contribution in [0.3, 0.4) is 0 Å². The van der Waals surface area contributed by atoms with Crippen molar-refractivity contribution in [2.24, 2.45) is 0 Å². The van der Waals surface area contributed by atoms with Gasteiger partial charge in [0.1, 0.15) is 10.3 Å². The molecule has 19 heavy (non-hydrogen) atoms. The fourth-order valence-electron chi connectivity index (χ4n) is 1.53. The van der Waals surface area contributed by atoms with Crippen LogP contribution >= 0.6 is 15.9 Å². The zero-order chi connectivity index (χ0) is 14.2. The van der Waals surface area contributed by atoms with Crippen LogP contribution in [0.5, 0.6) is 0 Å². The van der Waals surface area contributed by atoms with Gasteiger partial charge in [-0.2, -0.15) is 5.10 Å². The Hall–Kier alpha value is -2.29. The highest BCUT2D eigenvalue weighted by Crippen LogP contribution is 2.28. The fourth-order valence-corrected chi connectivity index (χ4v) is 1.80. The summed E-state index contributed by atoms with van der Waals surface area (Å²) in [5.41, 5.74) is 0.264. The maximum Gasteiger partial charge on any atom is 0.301 e. The number of hydrogen-bond acceptors (Lipinski definition) is 5. The third-order valence-electron chi connectivity index (χ3n) is 2.45. The number of aromatic nitrogens is 2. The van der Waals surface area contributed by atoms with Crippen molar-refractivity contribution < 1.29 is 9.85 Å². The van der Waals surface area contributed by atoms with Crippen molar-refractivity contribution in [3.63, 3.8) is 0 Å². The first-order valence-corrected chi connectivity index (χ1v) is 5.84. The summed E-state index contributed by atoms with van der Waals surface area (Å²) in [6.45, 7) is 1.78. The molecule has 2 rings (SSSR count). The largest absolute Gasteiger partial charge is 0.301 e. The summed E-state index contributed by atoms with van der Waals surface area (Å²) in [6.07, 6.45) is 1.60. The van der Waals surface area contributed by atoms with E-state index in [4.69, 9.17) is 0 Å². The van der Waals surface area contributed by atoms with Crippen LogP contribution in [0.2, 0.25) is 0 Å². The van der Waals surface area contributed by atoms with Gasteiger partial charge in [-0.15, -0.1) is 0 Å². The summed E-state index contributed by atoms with van der Waals surface area (Å²) < 4.78 is 1.86. The van der Waals surface area contributed by atoms with Gasteiger partial charge in [-0.3, -0.25) is 20.2 Å². The van der Waals surface area contributed by atoms with E-state index in [0.29, 0.717) is 4.60 Å². The first-order chi connectivity index (χ1) is 8.90. The monoisotopic (exact) mass is 326 g/mol. The van der Waals surface area contributed by atoms with Crippen molar-refractivity contribution in [2.45, 2.75) is 6.92 Å². The average Bonchev–Trinajstić information content (AvgIpc) is 2.68. The number of nitro benzene ring substituents is 2. The van der Waals surface area contributed by atoms with Crippen LogP contribution in [0.25, 0.3) is 5.69 Å². The van der Waals surface area contributed by atoms with E-state index in [-0.39, 0.29) is 17.1 Å². The zero-order valence-electron chi connectivity index (χ0n) is 9.61. The van der Waals surface area contributed by atoms with Crippen molar-refractivity contribution >= 4 is 27.3 Å². The number of halogens is 1. The summed E-state index contributed by atoms with van der Waals surface area (Å²) in [5.74, 6) is 0. The van der Waals surface area contributed by atoms with Crippen LogP contribution in [-0.2, 0) is 0 Å². The van der Waals surface area contributed by atoms with E-state index in [1.54, 1.807) is 13.1 Å². The van der Waals surface area contributed by atoms with Crippen molar-refractivity contribution in [2.75, 3.05) is 0 Å². The summed E-state index contributed by atoms with van der Waals surface area (Å²) in [4.78, 5) is 20.3. The van der Waals surface area contributed by atoms with Crippen LogP contribution in [0.1, 0.15) is 5.56 Å². The minimum Gasteiger partial charge on any atom is -0.258 e. The fraction of sp³-hybridized carbons (Fsp3) is 0.100. The molecule has 0 N–H and O–H groups in total. The van der Waals surface area contributed by atoms with E-state index >= 15 is 0 Å². The average molecular weight is 327 g/mol. The van der Waals surface area contributed by atoms with E-state index in [1.807, 2.05) is 0 Å². The Balaban J connectivity index is 2.63. The minimum atomic E-state index is -0.680. The first-order valence-electron chi connectivity index (χ1n) is 5.05. The maximum absolute atomic E-state index is 11.0. The lowest BCUT2D eigenvalue weighted by molar-refractivity contribution is -0.394. The van der Waals surface area contributed by atoms with Crippen molar-refractivity contribution in [3.05, 3.63) is 54.8 Å². The predicted molar refractivity (Wildman–Crippen MR) is 69.3 cm³/mol. The number of benzene rings is 1.